The Labute approximate surface area is 166 Å². The lowest BCUT2D eigenvalue weighted by Crippen LogP contribution is -2.69. The van der Waals surface area contributed by atoms with Gasteiger partial charge in [0.15, 0.2) is 0 Å². The van der Waals surface area contributed by atoms with Crippen LogP contribution in [0, 0.1) is 0 Å². The van der Waals surface area contributed by atoms with Crippen molar-refractivity contribution in [2.45, 2.75) is 49.9 Å². The molecule has 27 heavy (non-hydrogen) atoms. The fraction of sp³-hybridized carbons (Fsp3) is 0.667. The predicted molar refractivity (Wildman–Crippen MR) is 110 cm³/mol. The molecular formula is C21H32N2O3S. The molecule has 0 unspecified atom stereocenters. The van der Waals surface area contributed by atoms with Crippen molar-refractivity contribution in [2.75, 3.05) is 38.2 Å². The van der Waals surface area contributed by atoms with Crippen LogP contribution in [0.3, 0.4) is 0 Å². The second-order valence-electron chi connectivity index (χ2n) is 8.04. The van der Waals surface area contributed by atoms with E-state index in [4.69, 9.17) is 4.74 Å². The van der Waals surface area contributed by atoms with Crippen LogP contribution in [-0.4, -0.2) is 71.4 Å². The minimum absolute atomic E-state index is 0.0126. The number of aliphatic hydroxyl groups excluding tert-OH is 1. The third kappa shape index (κ3) is 4.86. The molecule has 0 aliphatic carbocycles. The number of ether oxygens (including phenoxy) is 1. The van der Waals surface area contributed by atoms with Gasteiger partial charge < -0.3 is 20.1 Å². The first-order chi connectivity index (χ1) is 13.0. The van der Waals surface area contributed by atoms with Crippen LogP contribution in [0.4, 0.5) is 0 Å². The summed E-state index contributed by atoms with van der Waals surface area (Å²) >= 11 is 1.50. The van der Waals surface area contributed by atoms with Crippen molar-refractivity contribution in [1.82, 2.24) is 10.2 Å². The van der Waals surface area contributed by atoms with Crippen LogP contribution < -0.4 is 5.32 Å². The Morgan fingerprint density at radius 1 is 1.30 bits per heavy atom. The zero-order valence-corrected chi connectivity index (χ0v) is 17.3. The van der Waals surface area contributed by atoms with Gasteiger partial charge in [-0.25, -0.2) is 0 Å². The highest BCUT2D eigenvalue weighted by atomic mass is 32.2. The van der Waals surface area contributed by atoms with E-state index in [0.717, 1.165) is 38.9 Å². The monoisotopic (exact) mass is 392 g/mol. The van der Waals surface area contributed by atoms with Crippen LogP contribution in [0.5, 0.6) is 0 Å². The standard InChI is InChI=1S/C21H32N2O3S/c1-20(22-18(24)16-27-2)11-15-26-21(19(20)25)9-13-23(14-10-21)12-8-17-6-4-3-5-7-17/h3-7,19,25H,8-16H2,1-2H3,(H,22,24)/t19-,20+/m0/s1. The van der Waals surface area contributed by atoms with Crippen LogP contribution in [0.25, 0.3) is 0 Å². The van der Waals surface area contributed by atoms with Gasteiger partial charge in [-0.05, 0) is 44.4 Å². The third-order valence-corrected chi connectivity index (χ3v) is 6.63. The lowest BCUT2D eigenvalue weighted by Gasteiger charge is -2.53. The molecule has 0 bridgehead atoms. The third-order valence-electron chi connectivity index (χ3n) is 6.08. The number of thioether (sulfide) groups is 1. The largest absolute Gasteiger partial charge is 0.388 e. The molecule has 0 saturated carbocycles. The molecule has 2 atom stereocenters. The quantitative estimate of drug-likeness (QED) is 0.776. The van der Waals surface area contributed by atoms with Crippen molar-refractivity contribution < 1.29 is 14.6 Å². The van der Waals surface area contributed by atoms with Crippen molar-refractivity contribution in [3.05, 3.63) is 35.9 Å². The highest BCUT2D eigenvalue weighted by molar-refractivity contribution is 7.99. The van der Waals surface area contributed by atoms with E-state index in [1.807, 2.05) is 19.2 Å². The number of nitrogens with one attached hydrogen (secondary N) is 1. The van der Waals surface area contributed by atoms with E-state index in [1.165, 1.54) is 17.3 Å². The van der Waals surface area contributed by atoms with E-state index in [2.05, 4.69) is 34.5 Å². The van der Waals surface area contributed by atoms with Gasteiger partial charge in [0.05, 0.1) is 16.9 Å². The number of amides is 1. The zero-order valence-electron chi connectivity index (χ0n) is 16.4. The lowest BCUT2D eigenvalue weighted by molar-refractivity contribution is -0.207. The summed E-state index contributed by atoms with van der Waals surface area (Å²) in [7, 11) is 0. The Hall–Kier alpha value is -1.08. The number of carbonyl (C=O) groups excluding carboxylic acids is 1. The number of nitrogens with zero attached hydrogens (tertiary/aromatic N) is 1. The van der Waals surface area contributed by atoms with Crippen molar-refractivity contribution in [3.8, 4) is 0 Å². The van der Waals surface area contributed by atoms with Gasteiger partial charge in [0.25, 0.3) is 0 Å². The van der Waals surface area contributed by atoms with Gasteiger partial charge in [-0.1, -0.05) is 30.3 Å². The van der Waals surface area contributed by atoms with Gasteiger partial charge in [0, 0.05) is 26.2 Å². The average molecular weight is 393 g/mol. The minimum Gasteiger partial charge on any atom is -0.388 e. The van der Waals surface area contributed by atoms with E-state index in [-0.39, 0.29) is 5.91 Å². The lowest BCUT2D eigenvalue weighted by atomic mass is 9.73. The Morgan fingerprint density at radius 2 is 2.00 bits per heavy atom. The molecule has 1 spiro atoms. The summed E-state index contributed by atoms with van der Waals surface area (Å²) in [5.41, 5.74) is 0.205. The maximum Gasteiger partial charge on any atom is 0.230 e. The topological polar surface area (TPSA) is 61.8 Å². The number of hydrogen-bond donors (Lipinski definition) is 2. The molecule has 2 aliphatic rings. The molecule has 2 fully saturated rings. The highest BCUT2D eigenvalue weighted by Crippen LogP contribution is 2.40. The molecule has 1 amide bonds. The van der Waals surface area contributed by atoms with Crippen LogP contribution in [0.2, 0.25) is 0 Å². The van der Waals surface area contributed by atoms with Crippen molar-refractivity contribution in [3.63, 3.8) is 0 Å². The normalized spacial score (nSPS) is 28.2. The first-order valence-electron chi connectivity index (χ1n) is 9.86. The Balaban J connectivity index is 1.56. The van der Waals surface area contributed by atoms with Crippen molar-refractivity contribution in [2.24, 2.45) is 0 Å². The van der Waals surface area contributed by atoms with Crippen LogP contribution in [0.1, 0.15) is 31.7 Å². The number of benzene rings is 1. The van der Waals surface area contributed by atoms with Crippen LogP contribution in [0.15, 0.2) is 30.3 Å². The Bertz CT molecular complexity index is 619. The molecule has 0 radical (unpaired) electrons. The van der Waals surface area contributed by atoms with E-state index in [0.29, 0.717) is 18.8 Å². The van der Waals surface area contributed by atoms with Crippen molar-refractivity contribution in [1.29, 1.82) is 0 Å². The van der Waals surface area contributed by atoms with E-state index < -0.39 is 17.2 Å². The summed E-state index contributed by atoms with van der Waals surface area (Å²) in [5, 5.41) is 14.2. The smallest absolute Gasteiger partial charge is 0.230 e. The average Bonchev–Trinajstić information content (AvgIpc) is 2.67. The van der Waals surface area contributed by atoms with E-state index in [9.17, 15) is 9.90 Å². The summed E-state index contributed by atoms with van der Waals surface area (Å²) in [6.07, 6.45) is 4.52. The number of aliphatic hydroxyl groups is 1. The number of hydrogen-bond acceptors (Lipinski definition) is 5. The van der Waals surface area contributed by atoms with Gasteiger partial charge in [-0.2, -0.15) is 11.8 Å². The predicted octanol–water partition coefficient (Wildman–Crippen LogP) is 2.08. The summed E-state index contributed by atoms with van der Waals surface area (Å²) in [6, 6.07) is 10.5. The van der Waals surface area contributed by atoms with Gasteiger partial charge in [-0.3, -0.25) is 4.79 Å². The number of piperidine rings is 1. The molecule has 2 N–H and O–H groups in total. The molecular weight excluding hydrogens is 360 g/mol. The number of rotatable bonds is 6. The molecule has 2 saturated heterocycles. The summed E-state index contributed by atoms with van der Waals surface area (Å²) < 4.78 is 6.13. The SMILES string of the molecule is CSCC(=O)N[C@]1(C)CCOC2(CCN(CCc3ccccc3)CC2)[C@H]1O. The molecule has 150 valence electrons. The maximum atomic E-state index is 12.1. The molecule has 1 aromatic carbocycles. The molecule has 0 aromatic heterocycles. The molecule has 2 heterocycles. The van der Waals surface area contributed by atoms with E-state index >= 15 is 0 Å². The van der Waals surface area contributed by atoms with Gasteiger partial charge in [0.1, 0.15) is 6.10 Å². The molecule has 2 aliphatic heterocycles. The molecule has 1 aromatic rings. The molecule has 5 nitrogen and oxygen atoms in total. The fourth-order valence-electron chi connectivity index (χ4n) is 4.38. The minimum atomic E-state index is -0.680. The molecule has 6 heteroatoms. The van der Waals surface area contributed by atoms with Crippen molar-refractivity contribution >= 4 is 17.7 Å². The summed E-state index contributed by atoms with van der Waals surface area (Å²) in [5.74, 6) is 0.407. The summed E-state index contributed by atoms with van der Waals surface area (Å²) in [4.78, 5) is 14.6. The Morgan fingerprint density at radius 3 is 2.67 bits per heavy atom. The first kappa shape index (κ1) is 20.6. The maximum absolute atomic E-state index is 12.1. The fourth-order valence-corrected chi connectivity index (χ4v) is 4.72. The molecule has 3 rings (SSSR count). The van der Waals surface area contributed by atoms with Crippen LogP contribution in [-0.2, 0) is 16.0 Å². The van der Waals surface area contributed by atoms with Gasteiger partial charge in [0.2, 0.25) is 5.91 Å². The Kier molecular flexibility index (Phi) is 6.84. The second kappa shape index (κ2) is 8.95. The van der Waals surface area contributed by atoms with E-state index in [1.54, 1.807) is 0 Å². The number of likely N-dealkylation sites (tertiary alicyclic amines) is 1. The van der Waals surface area contributed by atoms with Crippen LogP contribution >= 0.6 is 11.8 Å². The highest BCUT2D eigenvalue weighted by Gasteiger charge is 2.53. The zero-order chi connectivity index (χ0) is 19.3. The first-order valence-corrected chi connectivity index (χ1v) is 11.3. The second-order valence-corrected chi connectivity index (χ2v) is 8.91. The summed E-state index contributed by atoms with van der Waals surface area (Å²) in [6.45, 7) is 5.40. The van der Waals surface area contributed by atoms with Gasteiger partial charge >= 0.3 is 0 Å². The van der Waals surface area contributed by atoms with Gasteiger partial charge in [-0.15, -0.1) is 0 Å². The number of carbonyl (C=O) groups is 1.